The number of nitrogens with one attached hydrogen (secondary N) is 1. The number of nitrogens with zero attached hydrogens (tertiary/aromatic N) is 1. The second-order valence-electron chi connectivity index (χ2n) is 4.40. The summed E-state index contributed by atoms with van der Waals surface area (Å²) in [5, 5.41) is 3.58. The number of hydrogen-bond donors (Lipinski definition) is 1. The molecule has 1 saturated heterocycles. The summed E-state index contributed by atoms with van der Waals surface area (Å²) in [4.78, 5) is 2.54. The van der Waals surface area contributed by atoms with Crippen molar-refractivity contribution in [2.45, 2.75) is 39.2 Å². The lowest BCUT2D eigenvalue weighted by molar-refractivity contribution is 0.297. The molecule has 2 heteroatoms. The van der Waals surface area contributed by atoms with E-state index in [1.165, 1.54) is 44.5 Å². The molecule has 1 unspecified atom stereocenters. The molecule has 1 fully saturated rings. The second kappa shape index (κ2) is 6.20. The number of hydrogen-bond acceptors (Lipinski definition) is 2. The van der Waals surface area contributed by atoms with E-state index in [9.17, 15) is 0 Å². The van der Waals surface area contributed by atoms with Crippen molar-refractivity contribution >= 4 is 0 Å². The van der Waals surface area contributed by atoms with Crippen LogP contribution >= 0.6 is 0 Å². The summed E-state index contributed by atoms with van der Waals surface area (Å²) in [6.45, 7) is 13.0. The maximum absolute atomic E-state index is 3.92. The Labute approximate surface area is 88.4 Å². The van der Waals surface area contributed by atoms with Gasteiger partial charge in [0.15, 0.2) is 0 Å². The SMILES string of the molecule is C=C(C)CNC1CCCN(CC)CC1. The summed E-state index contributed by atoms with van der Waals surface area (Å²) in [5.74, 6) is 0. The molecule has 1 aliphatic heterocycles. The number of rotatable bonds is 4. The molecule has 0 radical (unpaired) electrons. The van der Waals surface area contributed by atoms with Gasteiger partial charge in [-0.2, -0.15) is 0 Å². The fraction of sp³-hybridized carbons (Fsp3) is 0.833. The topological polar surface area (TPSA) is 15.3 Å². The highest BCUT2D eigenvalue weighted by molar-refractivity contribution is 4.92. The fourth-order valence-electron chi connectivity index (χ4n) is 1.99. The third-order valence-corrected chi connectivity index (χ3v) is 2.96. The summed E-state index contributed by atoms with van der Waals surface area (Å²) >= 11 is 0. The minimum Gasteiger partial charge on any atom is -0.310 e. The molecule has 0 aliphatic carbocycles. The first-order chi connectivity index (χ1) is 6.72. The quantitative estimate of drug-likeness (QED) is 0.692. The van der Waals surface area contributed by atoms with E-state index in [2.05, 4.69) is 30.6 Å². The molecule has 0 spiro atoms. The van der Waals surface area contributed by atoms with Gasteiger partial charge in [-0.1, -0.05) is 19.1 Å². The molecule has 2 nitrogen and oxygen atoms in total. The molecule has 0 saturated carbocycles. The Morgan fingerprint density at radius 3 is 2.86 bits per heavy atom. The zero-order valence-electron chi connectivity index (χ0n) is 9.68. The first kappa shape index (κ1) is 11.7. The molecule has 0 bridgehead atoms. The molecular formula is C12H24N2. The normalized spacial score (nSPS) is 24.6. The first-order valence-corrected chi connectivity index (χ1v) is 5.82. The molecule has 1 aliphatic rings. The predicted molar refractivity (Wildman–Crippen MR) is 62.6 cm³/mol. The molecule has 1 atom stereocenters. The van der Waals surface area contributed by atoms with Crippen molar-refractivity contribution in [1.29, 1.82) is 0 Å². The first-order valence-electron chi connectivity index (χ1n) is 5.82. The fourth-order valence-corrected chi connectivity index (χ4v) is 1.99. The Hall–Kier alpha value is -0.340. The molecule has 0 aromatic carbocycles. The van der Waals surface area contributed by atoms with Crippen LogP contribution in [0.15, 0.2) is 12.2 Å². The molecule has 0 aromatic rings. The van der Waals surface area contributed by atoms with Crippen molar-refractivity contribution in [2.24, 2.45) is 0 Å². The molecule has 1 rings (SSSR count). The molecule has 14 heavy (non-hydrogen) atoms. The van der Waals surface area contributed by atoms with Gasteiger partial charge >= 0.3 is 0 Å². The lowest BCUT2D eigenvalue weighted by Crippen LogP contribution is -2.31. The van der Waals surface area contributed by atoms with E-state index < -0.39 is 0 Å². The standard InChI is InChI=1S/C12H24N2/c1-4-14-8-5-6-12(7-9-14)13-10-11(2)3/h12-13H,2,4-10H2,1,3H3. The van der Waals surface area contributed by atoms with Gasteiger partial charge in [-0.3, -0.25) is 0 Å². The van der Waals surface area contributed by atoms with Crippen LogP contribution in [0.25, 0.3) is 0 Å². The summed E-state index contributed by atoms with van der Waals surface area (Å²) in [6.07, 6.45) is 3.95. The Bertz CT molecular complexity index is 177. The third-order valence-electron chi connectivity index (χ3n) is 2.96. The smallest absolute Gasteiger partial charge is 0.0161 e. The summed E-state index contributed by atoms with van der Waals surface area (Å²) < 4.78 is 0. The Morgan fingerprint density at radius 2 is 2.21 bits per heavy atom. The van der Waals surface area contributed by atoms with E-state index >= 15 is 0 Å². The van der Waals surface area contributed by atoms with Crippen LogP contribution in [0.1, 0.15) is 33.1 Å². The Morgan fingerprint density at radius 1 is 1.43 bits per heavy atom. The van der Waals surface area contributed by atoms with Crippen LogP contribution < -0.4 is 5.32 Å². The van der Waals surface area contributed by atoms with Gasteiger partial charge in [-0.15, -0.1) is 0 Å². The van der Waals surface area contributed by atoms with E-state index in [4.69, 9.17) is 0 Å². The Balaban J connectivity index is 2.23. The van der Waals surface area contributed by atoms with Gasteiger partial charge in [-0.05, 0) is 45.8 Å². The average molecular weight is 196 g/mol. The van der Waals surface area contributed by atoms with Gasteiger partial charge < -0.3 is 10.2 Å². The van der Waals surface area contributed by atoms with E-state index in [0.717, 1.165) is 6.54 Å². The minimum atomic E-state index is 0.711. The molecular weight excluding hydrogens is 172 g/mol. The summed E-state index contributed by atoms with van der Waals surface area (Å²) in [6, 6.07) is 0.711. The van der Waals surface area contributed by atoms with Gasteiger partial charge in [0.25, 0.3) is 0 Å². The van der Waals surface area contributed by atoms with Crippen LogP contribution in [0.4, 0.5) is 0 Å². The van der Waals surface area contributed by atoms with Crippen LogP contribution in [0.5, 0.6) is 0 Å². The van der Waals surface area contributed by atoms with Crippen LogP contribution in [-0.4, -0.2) is 37.1 Å². The van der Waals surface area contributed by atoms with Crippen molar-refractivity contribution in [3.63, 3.8) is 0 Å². The van der Waals surface area contributed by atoms with E-state index in [1.807, 2.05) is 0 Å². The summed E-state index contributed by atoms with van der Waals surface area (Å²) in [5.41, 5.74) is 1.24. The molecule has 0 amide bonds. The molecule has 82 valence electrons. The van der Waals surface area contributed by atoms with Gasteiger partial charge in [-0.25, -0.2) is 0 Å². The zero-order valence-corrected chi connectivity index (χ0v) is 9.68. The highest BCUT2D eigenvalue weighted by atomic mass is 15.1. The van der Waals surface area contributed by atoms with E-state index in [0.29, 0.717) is 6.04 Å². The largest absolute Gasteiger partial charge is 0.310 e. The van der Waals surface area contributed by atoms with Crippen molar-refractivity contribution in [2.75, 3.05) is 26.2 Å². The van der Waals surface area contributed by atoms with Gasteiger partial charge in [0.1, 0.15) is 0 Å². The van der Waals surface area contributed by atoms with Crippen molar-refractivity contribution < 1.29 is 0 Å². The van der Waals surface area contributed by atoms with E-state index in [-0.39, 0.29) is 0 Å². The molecule has 0 aromatic heterocycles. The lowest BCUT2D eigenvalue weighted by atomic mass is 10.1. The van der Waals surface area contributed by atoms with Crippen molar-refractivity contribution in [3.8, 4) is 0 Å². The highest BCUT2D eigenvalue weighted by Crippen LogP contribution is 2.10. The third kappa shape index (κ3) is 4.25. The second-order valence-corrected chi connectivity index (χ2v) is 4.40. The minimum absolute atomic E-state index is 0.711. The van der Waals surface area contributed by atoms with Gasteiger partial charge in [0, 0.05) is 12.6 Å². The van der Waals surface area contributed by atoms with Crippen LogP contribution in [-0.2, 0) is 0 Å². The highest BCUT2D eigenvalue weighted by Gasteiger charge is 2.14. The maximum Gasteiger partial charge on any atom is 0.0161 e. The van der Waals surface area contributed by atoms with Crippen LogP contribution in [0.3, 0.4) is 0 Å². The van der Waals surface area contributed by atoms with Gasteiger partial charge in [0.05, 0.1) is 0 Å². The number of likely N-dealkylation sites (tertiary alicyclic amines) is 1. The summed E-state index contributed by atoms with van der Waals surface area (Å²) in [7, 11) is 0. The Kier molecular flexibility index (Phi) is 5.20. The van der Waals surface area contributed by atoms with E-state index in [1.54, 1.807) is 0 Å². The maximum atomic E-state index is 3.92. The predicted octanol–water partition coefficient (Wildman–Crippen LogP) is 2.03. The van der Waals surface area contributed by atoms with Crippen molar-refractivity contribution in [3.05, 3.63) is 12.2 Å². The van der Waals surface area contributed by atoms with Crippen LogP contribution in [0, 0.1) is 0 Å². The average Bonchev–Trinajstić information content (AvgIpc) is 2.39. The van der Waals surface area contributed by atoms with Crippen molar-refractivity contribution in [1.82, 2.24) is 10.2 Å². The zero-order chi connectivity index (χ0) is 10.4. The van der Waals surface area contributed by atoms with Gasteiger partial charge in [0.2, 0.25) is 0 Å². The monoisotopic (exact) mass is 196 g/mol. The van der Waals surface area contributed by atoms with Crippen LogP contribution in [0.2, 0.25) is 0 Å². The molecule has 1 heterocycles. The molecule has 1 N–H and O–H groups in total. The lowest BCUT2D eigenvalue weighted by Gasteiger charge is -2.18.